The van der Waals surface area contributed by atoms with Crippen LogP contribution in [-0.4, -0.2) is 5.71 Å². The summed E-state index contributed by atoms with van der Waals surface area (Å²) in [6.45, 7) is 6.79. The van der Waals surface area contributed by atoms with Crippen molar-refractivity contribution in [3.05, 3.63) is 276 Å². The zero-order valence-electron chi connectivity index (χ0n) is 36.6. The summed E-state index contributed by atoms with van der Waals surface area (Å²) in [6.07, 6.45) is 2.22. The van der Waals surface area contributed by atoms with Crippen LogP contribution in [0.4, 0.5) is 0 Å². The first-order valence-corrected chi connectivity index (χ1v) is 22.9. The minimum absolute atomic E-state index is 0.160. The number of benzene rings is 11. The average Bonchev–Trinajstić information content (AvgIpc) is 3.63. The Morgan fingerprint density at radius 3 is 1.79 bits per heavy atom. The maximum Gasteiger partial charge on any atom is 0.0776 e. The smallest absolute Gasteiger partial charge is 0.0776 e. The molecule has 1 nitrogen and oxygen atoms in total. The Kier molecular flexibility index (Phi) is 8.73. The predicted molar refractivity (Wildman–Crippen MR) is 281 cm³/mol. The third-order valence-corrected chi connectivity index (χ3v) is 14.2. The van der Waals surface area contributed by atoms with E-state index in [4.69, 9.17) is 4.99 Å². The highest BCUT2D eigenvalue weighted by molar-refractivity contribution is 6.19. The van der Waals surface area contributed by atoms with Crippen molar-refractivity contribution in [2.24, 2.45) is 4.99 Å². The number of nitrogens with zero attached hydrogens (tertiary/aromatic N) is 1. The van der Waals surface area contributed by atoms with Crippen LogP contribution in [0.3, 0.4) is 0 Å². The highest BCUT2D eigenvalue weighted by Crippen LogP contribution is 2.53. The van der Waals surface area contributed by atoms with Gasteiger partial charge in [-0.05, 0) is 164 Å². The van der Waals surface area contributed by atoms with Gasteiger partial charge in [0.15, 0.2) is 0 Å². The van der Waals surface area contributed by atoms with Gasteiger partial charge in [-0.25, -0.2) is 4.99 Å². The summed E-state index contributed by atoms with van der Waals surface area (Å²) >= 11 is 0. The quantitative estimate of drug-likeness (QED) is 0.153. The van der Waals surface area contributed by atoms with Gasteiger partial charge in [0.2, 0.25) is 0 Å². The van der Waals surface area contributed by atoms with Gasteiger partial charge >= 0.3 is 0 Å². The lowest BCUT2D eigenvalue weighted by atomic mass is 9.86. The fraction of sp³-hybridized carbons (Fsp3) is 0.0308. The van der Waals surface area contributed by atoms with Crippen LogP contribution in [0.5, 0.6) is 0 Å². The standard InChI is InChI=1S/C65H43N/c1-40-33-57(49-28-25-42-15-9-10-21-46(42)34-49)41(2)65(66-64(40)45-19-7-4-8-20-45)51-30-27-47-35-50(29-26-48(47)36-51)58-37-52-38-60-61(39-59(52)55-24-14-13-23-54(55)58)63-53-22-12-11-16-43(53)31-32-56(63)62(60)44-17-5-3-6-18-44/h3-39,62H,1H2,2H3. The molecule has 0 N–H and O–H groups in total. The van der Waals surface area contributed by atoms with Crippen molar-refractivity contribution in [1.82, 2.24) is 0 Å². The van der Waals surface area contributed by atoms with E-state index in [2.05, 4.69) is 232 Å². The van der Waals surface area contributed by atoms with Crippen LogP contribution in [0.15, 0.2) is 247 Å². The number of hydrogen-bond acceptors (Lipinski definition) is 1. The zero-order chi connectivity index (χ0) is 43.9. The fourth-order valence-corrected chi connectivity index (χ4v) is 11.0. The Morgan fingerprint density at radius 1 is 0.394 bits per heavy atom. The molecule has 0 fully saturated rings. The summed E-state index contributed by atoms with van der Waals surface area (Å²) in [7, 11) is 0. The van der Waals surface area contributed by atoms with E-state index in [0.29, 0.717) is 0 Å². The number of allylic oxidation sites excluding steroid dienone is 4. The summed E-state index contributed by atoms with van der Waals surface area (Å²) in [6, 6.07) is 80.4. The average molecular weight is 838 g/mol. The van der Waals surface area contributed by atoms with Gasteiger partial charge in [0.1, 0.15) is 0 Å². The molecule has 0 saturated heterocycles. The molecule has 0 radical (unpaired) electrons. The van der Waals surface area contributed by atoms with Crippen molar-refractivity contribution in [3.63, 3.8) is 0 Å². The Balaban J connectivity index is 0.951. The van der Waals surface area contributed by atoms with Gasteiger partial charge in [0.05, 0.1) is 11.4 Å². The van der Waals surface area contributed by atoms with Crippen molar-refractivity contribution in [2.45, 2.75) is 12.8 Å². The van der Waals surface area contributed by atoms with Crippen molar-refractivity contribution < 1.29 is 0 Å². The topological polar surface area (TPSA) is 12.4 Å². The summed E-state index contributed by atoms with van der Waals surface area (Å²) in [5.41, 5.74) is 17.5. The maximum atomic E-state index is 5.47. The molecule has 0 saturated carbocycles. The third-order valence-electron chi connectivity index (χ3n) is 14.2. The molecule has 0 amide bonds. The Morgan fingerprint density at radius 2 is 0.985 bits per heavy atom. The van der Waals surface area contributed by atoms with Crippen LogP contribution in [0.2, 0.25) is 0 Å². The van der Waals surface area contributed by atoms with Crippen molar-refractivity contribution in [3.8, 4) is 22.3 Å². The van der Waals surface area contributed by atoms with Crippen LogP contribution in [0, 0.1) is 0 Å². The molecule has 1 heterocycles. The largest absolute Gasteiger partial charge is 0.247 e. The second-order valence-corrected chi connectivity index (χ2v) is 17.9. The lowest BCUT2D eigenvalue weighted by Gasteiger charge is -2.17. The number of aliphatic imine (C=N–C) groups is 1. The molecule has 13 rings (SSSR count). The van der Waals surface area contributed by atoms with Gasteiger partial charge in [-0.15, -0.1) is 0 Å². The van der Waals surface area contributed by atoms with Gasteiger partial charge in [-0.3, -0.25) is 0 Å². The molecule has 0 aromatic heterocycles. The fourth-order valence-electron chi connectivity index (χ4n) is 11.0. The lowest BCUT2D eigenvalue weighted by Crippen LogP contribution is -2.02. The van der Waals surface area contributed by atoms with Gasteiger partial charge in [-0.1, -0.05) is 189 Å². The van der Waals surface area contributed by atoms with Crippen LogP contribution < -0.4 is 0 Å². The van der Waals surface area contributed by atoms with E-state index in [0.717, 1.165) is 44.8 Å². The Hall–Kier alpha value is -8.39. The molecule has 11 aromatic rings. The van der Waals surface area contributed by atoms with E-state index in [1.54, 1.807) is 0 Å². The van der Waals surface area contributed by atoms with Crippen molar-refractivity contribution in [1.29, 1.82) is 0 Å². The molecule has 0 bridgehead atoms. The number of fused-ring (bicyclic) bond motifs is 10. The predicted octanol–water partition coefficient (Wildman–Crippen LogP) is 17.2. The molecular weight excluding hydrogens is 795 g/mol. The van der Waals surface area contributed by atoms with Gasteiger partial charge in [0.25, 0.3) is 0 Å². The maximum absolute atomic E-state index is 5.47. The van der Waals surface area contributed by atoms with Crippen LogP contribution in [-0.2, 0) is 0 Å². The second-order valence-electron chi connectivity index (χ2n) is 17.9. The van der Waals surface area contributed by atoms with Crippen LogP contribution in [0.1, 0.15) is 46.2 Å². The monoisotopic (exact) mass is 837 g/mol. The van der Waals surface area contributed by atoms with Crippen LogP contribution >= 0.6 is 0 Å². The first-order valence-electron chi connectivity index (χ1n) is 22.9. The van der Waals surface area contributed by atoms with Crippen molar-refractivity contribution >= 4 is 70.8 Å². The van der Waals surface area contributed by atoms with Gasteiger partial charge < -0.3 is 0 Å². The molecule has 0 spiro atoms. The normalized spacial score (nSPS) is 14.7. The second kappa shape index (κ2) is 15.1. The SMILES string of the molecule is C=C1C=C(c2ccc3ccccc3c2)C(C)=C(c2ccc3cc(-c4cc5cc6c(cc5c5ccccc45)-c4c(ccc5ccccc45)C6c4ccccc4)ccc3c2)N=C1c1ccccc1. The molecule has 11 aromatic carbocycles. The van der Waals surface area contributed by atoms with E-state index in [1.807, 2.05) is 6.07 Å². The molecule has 66 heavy (non-hydrogen) atoms. The Labute approximate surface area is 384 Å². The molecule has 1 aliphatic carbocycles. The lowest BCUT2D eigenvalue weighted by molar-refractivity contribution is 1.02. The molecule has 2 aliphatic rings. The van der Waals surface area contributed by atoms with E-state index in [-0.39, 0.29) is 5.92 Å². The minimum Gasteiger partial charge on any atom is -0.247 e. The summed E-state index contributed by atoms with van der Waals surface area (Å²) in [4.78, 5) is 5.47. The van der Waals surface area contributed by atoms with Gasteiger partial charge in [0, 0.05) is 17.0 Å². The molecular formula is C65H43N. The van der Waals surface area contributed by atoms with Crippen molar-refractivity contribution in [2.75, 3.05) is 0 Å². The first-order chi connectivity index (χ1) is 32.5. The van der Waals surface area contributed by atoms with Crippen LogP contribution in [0.25, 0.3) is 87.4 Å². The molecule has 1 unspecified atom stereocenters. The highest BCUT2D eigenvalue weighted by atomic mass is 14.8. The Bertz CT molecular complexity index is 3940. The first kappa shape index (κ1) is 38.1. The number of hydrogen-bond donors (Lipinski definition) is 0. The zero-order valence-corrected chi connectivity index (χ0v) is 36.6. The van der Waals surface area contributed by atoms with E-state index in [9.17, 15) is 0 Å². The molecule has 1 heteroatoms. The summed E-state index contributed by atoms with van der Waals surface area (Å²) in [5.74, 6) is 0.160. The third kappa shape index (κ3) is 6.12. The number of rotatable bonds is 5. The summed E-state index contributed by atoms with van der Waals surface area (Å²) in [5, 5.41) is 12.5. The molecule has 308 valence electrons. The molecule has 1 atom stereocenters. The minimum atomic E-state index is 0.160. The highest BCUT2D eigenvalue weighted by Gasteiger charge is 2.32. The van der Waals surface area contributed by atoms with E-state index >= 15 is 0 Å². The van der Waals surface area contributed by atoms with Gasteiger partial charge in [-0.2, -0.15) is 0 Å². The molecule has 1 aliphatic heterocycles. The van der Waals surface area contributed by atoms with E-state index in [1.165, 1.54) is 92.8 Å². The van der Waals surface area contributed by atoms with E-state index < -0.39 is 0 Å². The summed E-state index contributed by atoms with van der Waals surface area (Å²) < 4.78 is 0.